The zero-order valence-corrected chi connectivity index (χ0v) is 14.9. The molecule has 0 amide bonds. The lowest BCUT2D eigenvalue weighted by Crippen LogP contribution is -1.98. The number of hydrogen-bond acceptors (Lipinski definition) is 1. The van der Waals surface area contributed by atoms with Crippen LogP contribution in [0.4, 0.5) is 0 Å². The van der Waals surface area contributed by atoms with Crippen molar-refractivity contribution >= 4 is 31.9 Å². The van der Waals surface area contributed by atoms with E-state index >= 15 is 0 Å². The standard InChI is InChI=1S/C16H24Br2O/c1-14-13-15(18)9-10-16(14)19-12-8-6-4-2-3-5-7-11-17/h9-10,13H,2-8,11-12H2,1H3. The lowest BCUT2D eigenvalue weighted by molar-refractivity contribution is 0.302. The number of unbranched alkanes of at least 4 members (excludes halogenated alkanes) is 6. The number of halogens is 2. The van der Waals surface area contributed by atoms with Crippen LogP contribution in [0.3, 0.4) is 0 Å². The van der Waals surface area contributed by atoms with Crippen LogP contribution in [-0.2, 0) is 0 Å². The van der Waals surface area contributed by atoms with Gasteiger partial charge in [0.05, 0.1) is 6.61 Å². The van der Waals surface area contributed by atoms with E-state index in [1.165, 1.54) is 44.1 Å². The van der Waals surface area contributed by atoms with Crippen molar-refractivity contribution in [1.29, 1.82) is 0 Å². The summed E-state index contributed by atoms with van der Waals surface area (Å²) in [5.74, 6) is 1.01. The Bertz CT molecular complexity index is 353. The molecule has 0 unspecified atom stereocenters. The Kier molecular flexibility index (Phi) is 9.62. The molecule has 0 spiro atoms. The van der Waals surface area contributed by atoms with E-state index in [9.17, 15) is 0 Å². The highest BCUT2D eigenvalue weighted by atomic mass is 79.9. The molecule has 0 N–H and O–H groups in total. The molecule has 0 radical (unpaired) electrons. The molecule has 1 nitrogen and oxygen atoms in total. The molecule has 0 saturated carbocycles. The van der Waals surface area contributed by atoms with Crippen LogP contribution in [0.15, 0.2) is 22.7 Å². The molecule has 0 aliphatic carbocycles. The summed E-state index contributed by atoms with van der Waals surface area (Å²) < 4.78 is 6.92. The summed E-state index contributed by atoms with van der Waals surface area (Å²) in [5.41, 5.74) is 1.20. The topological polar surface area (TPSA) is 9.23 Å². The Hall–Kier alpha value is -0.0200. The number of alkyl halides is 1. The molecule has 1 aromatic carbocycles. The Morgan fingerprint density at radius 1 is 0.947 bits per heavy atom. The summed E-state index contributed by atoms with van der Waals surface area (Å²) in [4.78, 5) is 0. The SMILES string of the molecule is Cc1cc(Br)ccc1OCCCCCCCCCBr. The first kappa shape index (κ1) is 17.0. The quantitative estimate of drug-likeness (QED) is 0.337. The molecule has 0 bridgehead atoms. The molecule has 0 aromatic heterocycles. The summed E-state index contributed by atoms with van der Waals surface area (Å²) >= 11 is 6.93. The summed E-state index contributed by atoms with van der Waals surface area (Å²) in [6.45, 7) is 2.92. The molecule has 1 rings (SSSR count). The highest BCUT2D eigenvalue weighted by Gasteiger charge is 1.99. The van der Waals surface area contributed by atoms with Gasteiger partial charge < -0.3 is 4.74 Å². The summed E-state index contributed by atoms with van der Waals surface area (Å²) in [5, 5.41) is 1.15. The number of ether oxygens (including phenoxy) is 1. The van der Waals surface area contributed by atoms with Gasteiger partial charge in [0.15, 0.2) is 0 Å². The maximum atomic E-state index is 5.81. The predicted octanol–water partition coefficient (Wildman–Crippen LogP) is 6.26. The predicted molar refractivity (Wildman–Crippen MR) is 90.5 cm³/mol. The zero-order chi connectivity index (χ0) is 13.9. The smallest absolute Gasteiger partial charge is 0.122 e. The second-order valence-electron chi connectivity index (χ2n) is 4.92. The molecule has 0 aliphatic heterocycles. The third kappa shape index (κ3) is 7.98. The van der Waals surface area contributed by atoms with E-state index in [-0.39, 0.29) is 0 Å². The van der Waals surface area contributed by atoms with E-state index in [1.54, 1.807) is 0 Å². The van der Waals surface area contributed by atoms with E-state index in [4.69, 9.17) is 4.74 Å². The summed E-state index contributed by atoms with van der Waals surface area (Å²) in [6, 6.07) is 6.17. The van der Waals surface area contributed by atoms with Gasteiger partial charge >= 0.3 is 0 Å². The van der Waals surface area contributed by atoms with Gasteiger partial charge in [0.1, 0.15) is 5.75 Å². The highest BCUT2D eigenvalue weighted by Crippen LogP contribution is 2.22. The minimum atomic E-state index is 0.837. The van der Waals surface area contributed by atoms with Crippen LogP contribution in [0.1, 0.15) is 50.5 Å². The van der Waals surface area contributed by atoms with E-state index in [0.29, 0.717) is 0 Å². The maximum absolute atomic E-state index is 5.81. The highest BCUT2D eigenvalue weighted by molar-refractivity contribution is 9.10. The van der Waals surface area contributed by atoms with E-state index in [2.05, 4.69) is 44.8 Å². The number of aryl methyl sites for hydroxylation is 1. The number of rotatable bonds is 10. The maximum Gasteiger partial charge on any atom is 0.122 e. The lowest BCUT2D eigenvalue weighted by atomic mass is 10.1. The van der Waals surface area contributed by atoms with Gasteiger partial charge in [-0.1, -0.05) is 64.0 Å². The van der Waals surface area contributed by atoms with Gasteiger partial charge in [-0.05, 0) is 43.5 Å². The van der Waals surface area contributed by atoms with Crippen molar-refractivity contribution in [2.45, 2.75) is 51.9 Å². The Balaban J connectivity index is 2.01. The van der Waals surface area contributed by atoms with E-state index in [0.717, 1.165) is 28.6 Å². The van der Waals surface area contributed by atoms with Crippen molar-refractivity contribution in [3.63, 3.8) is 0 Å². The molecule has 0 heterocycles. The van der Waals surface area contributed by atoms with Gasteiger partial charge in [-0.3, -0.25) is 0 Å². The minimum Gasteiger partial charge on any atom is -0.493 e. The molecule has 3 heteroatoms. The zero-order valence-electron chi connectivity index (χ0n) is 11.8. The fourth-order valence-electron chi connectivity index (χ4n) is 2.04. The molecule has 0 atom stereocenters. The van der Waals surface area contributed by atoms with Crippen molar-refractivity contribution in [3.05, 3.63) is 28.2 Å². The van der Waals surface area contributed by atoms with Crippen LogP contribution < -0.4 is 4.74 Å². The largest absolute Gasteiger partial charge is 0.493 e. The van der Waals surface area contributed by atoms with Gasteiger partial charge in [0.2, 0.25) is 0 Å². The van der Waals surface area contributed by atoms with Crippen LogP contribution in [0, 0.1) is 6.92 Å². The Morgan fingerprint density at radius 3 is 2.21 bits per heavy atom. The van der Waals surface area contributed by atoms with E-state index < -0.39 is 0 Å². The molecule has 0 aliphatic rings. The van der Waals surface area contributed by atoms with Crippen LogP contribution >= 0.6 is 31.9 Å². The second-order valence-corrected chi connectivity index (χ2v) is 6.63. The van der Waals surface area contributed by atoms with Crippen molar-refractivity contribution in [2.75, 3.05) is 11.9 Å². The Morgan fingerprint density at radius 2 is 1.58 bits per heavy atom. The fourth-order valence-corrected chi connectivity index (χ4v) is 2.91. The first-order valence-electron chi connectivity index (χ1n) is 7.19. The summed E-state index contributed by atoms with van der Waals surface area (Å²) in [6.07, 6.45) is 9.19. The molecule has 0 fully saturated rings. The van der Waals surface area contributed by atoms with Gasteiger partial charge in [0, 0.05) is 9.80 Å². The number of hydrogen-bond donors (Lipinski definition) is 0. The van der Waals surface area contributed by atoms with Crippen molar-refractivity contribution in [1.82, 2.24) is 0 Å². The van der Waals surface area contributed by atoms with Gasteiger partial charge in [-0.25, -0.2) is 0 Å². The van der Waals surface area contributed by atoms with Crippen LogP contribution in [-0.4, -0.2) is 11.9 Å². The van der Waals surface area contributed by atoms with Crippen LogP contribution in [0.5, 0.6) is 5.75 Å². The van der Waals surface area contributed by atoms with Gasteiger partial charge in [-0.2, -0.15) is 0 Å². The normalized spacial score (nSPS) is 10.7. The Labute approximate surface area is 134 Å². The molecule has 108 valence electrons. The minimum absolute atomic E-state index is 0.837. The van der Waals surface area contributed by atoms with Crippen molar-refractivity contribution < 1.29 is 4.74 Å². The first-order chi connectivity index (χ1) is 9.24. The van der Waals surface area contributed by atoms with E-state index in [1.807, 2.05) is 12.1 Å². The summed E-state index contributed by atoms with van der Waals surface area (Å²) in [7, 11) is 0. The van der Waals surface area contributed by atoms with Crippen molar-refractivity contribution in [2.24, 2.45) is 0 Å². The van der Waals surface area contributed by atoms with Crippen molar-refractivity contribution in [3.8, 4) is 5.75 Å². The molecule has 19 heavy (non-hydrogen) atoms. The average Bonchev–Trinajstić information content (AvgIpc) is 2.39. The lowest BCUT2D eigenvalue weighted by Gasteiger charge is -2.09. The third-order valence-electron chi connectivity index (χ3n) is 3.17. The molecule has 1 aromatic rings. The molecule has 0 saturated heterocycles. The van der Waals surface area contributed by atoms with Crippen LogP contribution in [0.25, 0.3) is 0 Å². The fraction of sp³-hybridized carbons (Fsp3) is 0.625. The monoisotopic (exact) mass is 390 g/mol. The number of benzene rings is 1. The third-order valence-corrected chi connectivity index (χ3v) is 4.23. The first-order valence-corrected chi connectivity index (χ1v) is 9.10. The van der Waals surface area contributed by atoms with Gasteiger partial charge in [-0.15, -0.1) is 0 Å². The second kappa shape index (κ2) is 10.7. The average molecular weight is 392 g/mol. The van der Waals surface area contributed by atoms with Crippen LogP contribution in [0.2, 0.25) is 0 Å². The molecular formula is C16H24Br2O. The van der Waals surface area contributed by atoms with Gasteiger partial charge in [0.25, 0.3) is 0 Å². The molecular weight excluding hydrogens is 368 g/mol.